The van der Waals surface area contributed by atoms with Crippen LogP contribution >= 0.6 is 0 Å². The fourth-order valence-electron chi connectivity index (χ4n) is 1.25. The first-order valence-electron chi connectivity index (χ1n) is 4.93. The fraction of sp³-hybridized carbons (Fsp3) is 0.100. The number of hydrogen-bond donors (Lipinski definition) is 4. The van der Waals surface area contributed by atoms with Crippen LogP contribution in [0.3, 0.4) is 0 Å². The van der Waals surface area contributed by atoms with Crippen molar-refractivity contribution in [3.8, 4) is 0 Å². The van der Waals surface area contributed by atoms with Crippen LogP contribution in [0, 0.1) is 6.92 Å². The number of hydrogen-bond acceptors (Lipinski definition) is 3. The number of amides is 2. The monoisotopic (exact) mass is 233 g/mol. The highest BCUT2D eigenvalue weighted by Gasteiger charge is 2.11. The maximum atomic E-state index is 11.5. The molecule has 0 aromatic carbocycles. The maximum absolute atomic E-state index is 11.5. The Morgan fingerprint density at radius 3 is 2.65 bits per heavy atom. The summed E-state index contributed by atoms with van der Waals surface area (Å²) in [4.78, 5) is 25.7. The predicted octanol–water partition coefficient (Wildman–Crippen LogP) is 0.121. The van der Waals surface area contributed by atoms with Crippen LogP contribution in [-0.2, 0) is 0 Å². The first-order valence-corrected chi connectivity index (χ1v) is 4.93. The maximum Gasteiger partial charge on any atom is 0.290 e. The van der Waals surface area contributed by atoms with Gasteiger partial charge in [0.2, 0.25) is 0 Å². The SMILES string of the molecule is Cc1cc(C(=O)NNC(=O)c2ccc[nH]2)n[nH]1. The molecule has 0 atom stereocenters. The van der Waals surface area contributed by atoms with Crippen LogP contribution in [0.4, 0.5) is 0 Å². The lowest BCUT2D eigenvalue weighted by molar-refractivity contribution is 0.0841. The molecular formula is C10H11N5O2. The molecule has 0 spiro atoms. The molecule has 0 saturated carbocycles. The standard InChI is InChI=1S/C10H11N5O2/c1-6-5-8(13-12-6)10(17)15-14-9(16)7-3-2-4-11-7/h2-5,11H,1H3,(H,12,13)(H,14,16)(H,15,17). The number of aryl methyl sites for hydroxylation is 1. The lowest BCUT2D eigenvalue weighted by atomic mass is 10.3. The highest BCUT2D eigenvalue weighted by molar-refractivity contribution is 5.97. The number of aromatic nitrogens is 3. The molecule has 7 nitrogen and oxygen atoms in total. The molecule has 0 radical (unpaired) electrons. The van der Waals surface area contributed by atoms with Crippen molar-refractivity contribution in [1.82, 2.24) is 26.0 Å². The molecule has 2 aromatic heterocycles. The Morgan fingerprint density at radius 2 is 2.06 bits per heavy atom. The molecule has 0 fully saturated rings. The summed E-state index contributed by atoms with van der Waals surface area (Å²) in [7, 11) is 0. The molecule has 2 rings (SSSR count). The fourth-order valence-corrected chi connectivity index (χ4v) is 1.25. The summed E-state index contributed by atoms with van der Waals surface area (Å²) in [5.41, 5.74) is 5.88. The molecule has 2 heterocycles. The van der Waals surface area contributed by atoms with E-state index >= 15 is 0 Å². The van der Waals surface area contributed by atoms with Crippen LogP contribution in [0.2, 0.25) is 0 Å². The summed E-state index contributed by atoms with van der Waals surface area (Å²) in [6, 6.07) is 4.87. The van der Waals surface area contributed by atoms with Gasteiger partial charge in [0.05, 0.1) is 0 Å². The van der Waals surface area contributed by atoms with Crippen molar-refractivity contribution in [3.05, 3.63) is 41.5 Å². The highest BCUT2D eigenvalue weighted by Crippen LogP contribution is 1.97. The van der Waals surface area contributed by atoms with E-state index in [0.717, 1.165) is 5.69 Å². The van der Waals surface area contributed by atoms with E-state index < -0.39 is 11.8 Å². The van der Waals surface area contributed by atoms with Gasteiger partial charge in [-0.3, -0.25) is 25.5 Å². The zero-order valence-electron chi connectivity index (χ0n) is 9.07. The Bertz CT molecular complexity index is 529. The van der Waals surface area contributed by atoms with E-state index in [-0.39, 0.29) is 5.69 Å². The Balaban J connectivity index is 1.91. The first-order chi connectivity index (χ1) is 8.16. The molecule has 2 amide bonds. The molecule has 0 unspecified atom stereocenters. The van der Waals surface area contributed by atoms with Crippen LogP contribution in [0.15, 0.2) is 24.4 Å². The molecule has 0 aliphatic heterocycles. The summed E-state index contributed by atoms with van der Waals surface area (Å²) < 4.78 is 0. The normalized spacial score (nSPS) is 9.94. The lowest BCUT2D eigenvalue weighted by Gasteiger charge is -2.03. The van der Waals surface area contributed by atoms with Gasteiger partial charge in [0.25, 0.3) is 11.8 Å². The summed E-state index contributed by atoms with van der Waals surface area (Å²) in [5.74, 6) is -0.898. The predicted molar refractivity (Wildman–Crippen MR) is 59.0 cm³/mol. The second kappa shape index (κ2) is 4.52. The number of nitrogens with one attached hydrogen (secondary N) is 4. The summed E-state index contributed by atoms with van der Waals surface area (Å²) in [6.07, 6.45) is 1.62. The molecule has 2 aromatic rings. The third-order valence-electron chi connectivity index (χ3n) is 2.07. The van der Waals surface area contributed by atoms with Gasteiger partial charge >= 0.3 is 0 Å². The van der Waals surface area contributed by atoms with E-state index in [1.165, 1.54) is 0 Å². The van der Waals surface area contributed by atoms with E-state index in [2.05, 4.69) is 26.0 Å². The van der Waals surface area contributed by atoms with E-state index in [1.54, 1.807) is 31.3 Å². The van der Waals surface area contributed by atoms with Gasteiger partial charge in [-0.1, -0.05) is 0 Å². The number of rotatable bonds is 2. The number of carbonyl (C=O) groups excluding carboxylic acids is 2. The summed E-state index contributed by atoms with van der Waals surface area (Å²) >= 11 is 0. The quantitative estimate of drug-likeness (QED) is 0.554. The molecule has 0 aliphatic rings. The second-order valence-electron chi connectivity index (χ2n) is 3.43. The number of H-pyrrole nitrogens is 2. The Morgan fingerprint density at radius 1 is 1.29 bits per heavy atom. The Hall–Kier alpha value is -2.57. The molecular weight excluding hydrogens is 222 g/mol. The lowest BCUT2D eigenvalue weighted by Crippen LogP contribution is -2.41. The van der Waals surface area contributed by atoms with Crippen molar-refractivity contribution >= 4 is 11.8 Å². The van der Waals surface area contributed by atoms with Gasteiger partial charge in [0, 0.05) is 11.9 Å². The van der Waals surface area contributed by atoms with Crippen LogP contribution in [0.25, 0.3) is 0 Å². The molecule has 0 bridgehead atoms. The van der Waals surface area contributed by atoms with E-state index in [9.17, 15) is 9.59 Å². The van der Waals surface area contributed by atoms with Gasteiger partial charge in [-0.25, -0.2) is 0 Å². The van der Waals surface area contributed by atoms with Gasteiger partial charge in [0.15, 0.2) is 5.69 Å². The molecule has 17 heavy (non-hydrogen) atoms. The van der Waals surface area contributed by atoms with Gasteiger partial charge in [-0.2, -0.15) is 5.10 Å². The largest absolute Gasteiger partial charge is 0.357 e. The highest BCUT2D eigenvalue weighted by atomic mass is 16.2. The van der Waals surface area contributed by atoms with Gasteiger partial charge in [-0.15, -0.1) is 0 Å². The Kier molecular flexibility index (Phi) is 2.91. The first kappa shape index (κ1) is 10.9. The second-order valence-corrected chi connectivity index (χ2v) is 3.43. The van der Waals surface area contributed by atoms with Gasteiger partial charge in [0.1, 0.15) is 5.69 Å². The molecule has 0 aliphatic carbocycles. The van der Waals surface area contributed by atoms with Gasteiger partial charge < -0.3 is 4.98 Å². The number of aromatic amines is 2. The van der Waals surface area contributed by atoms with E-state index in [1.807, 2.05) is 0 Å². The number of hydrazine groups is 1. The zero-order chi connectivity index (χ0) is 12.3. The Labute approximate surface area is 96.6 Å². The minimum atomic E-state index is -0.478. The smallest absolute Gasteiger partial charge is 0.290 e. The molecule has 4 N–H and O–H groups in total. The van der Waals surface area contributed by atoms with E-state index in [4.69, 9.17) is 0 Å². The van der Waals surface area contributed by atoms with E-state index in [0.29, 0.717) is 5.69 Å². The summed E-state index contributed by atoms with van der Waals surface area (Å²) in [6.45, 7) is 1.78. The zero-order valence-corrected chi connectivity index (χ0v) is 9.07. The van der Waals surface area contributed by atoms with Crippen LogP contribution in [0.1, 0.15) is 26.7 Å². The third-order valence-corrected chi connectivity index (χ3v) is 2.07. The van der Waals surface area contributed by atoms with Crippen molar-refractivity contribution in [1.29, 1.82) is 0 Å². The van der Waals surface area contributed by atoms with Crippen molar-refractivity contribution in [2.75, 3.05) is 0 Å². The van der Waals surface area contributed by atoms with Gasteiger partial charge in [-0.05, 0) is 25.1 Å². The third kappa shape index (κ3) is 2.51. The van der Waals surface area contributed by atoms with Crippen LogP contribution in [0.5, 0.6) is 0 Å². The minimum absolute atomic E-state index is 0.217. The average Bonchev–Trinajstić information content (AvgIpc) is 2.95. The molecule has 88 valence electrons. The van der Waals surface area contributed by atoms with Crippen molar-refractivity contribution in [2.24, 2.45) is 0 Å². The minimum Gasteiger partial charge on any atom is -0.357 e. The van der Waals surface area contributed by atoms with Crippen molar-refractivity contribution < 1.29 is 9.59 Å². The average molecular weight is 233 g/mol. The number of nitrogens with zero attached hydrogens (tertiary/aromatic N) is 1. The van der Waals surface area contributed by atoms with Crippen molar-refractivity contribution in [3.63, 3.8) is 0 Å². The summed E-state index contributed by atoms with van der Waals surface area (Å²) in [5, 5.41) is 6.40. The molecule has 0 saturated heterocycles. The van der Waals surface area contributed by atoms with Crippen molar-refractivity contribution in [2.45, 2.75) is 6.92 Å². The topological polar surface area (TPSA) is 103 Å². The number of carbonyl (C=O) groups is 2. The van der Waals surface area contributed by atoms with Crippen LogP contribution < -0.4 is 10.9 Å². The van der Waals surface area contributed by atoms with Crippen LogP contribution in [-0.4, -0.2) is 27.0 Å². The molecule has 7 heteroatoms.